The molecule has 3 N–H and O–H groups in total. The molecule has 0 amide bonds. The van der Waals surface area contributed by atoms with Gasteiger partial charge < -0.3 is 25.2 Å². The number of fused-ring (bicyclic) bond motifs is 1. The van der Waals surface area contributed by atoms with Crippen molar-refractivity contribution in [1.29, 1.82) is 0 Å². The Morgan fingerprint density at radius 3 is 2.67 bits per heavy atom. The number of aliphatic hydroxyl groups is 1. The van der Waals surface area contributed by atoms with Gasteiger partial charge >= 0.3 is 0 Å². The lowest BCUT2D eigenvalue weighted by molar-refractivity contribution is 0.258. The van der Waals surface area contributed by atoms with Crippen molar-refractivity contribution in [3.63, 3.8) is 0 Å². The van der Waals surface area contributed by atoms with Crippen LogP contribution in [0.25, 0.3) is 20.8 Å². The Hall–Kier alpha value is -3.43. The number of aryl methyl sites for hydroxylation is 1. The van der Waals surface area contributed by atoms with E-state index < -0.39 is 0 Å². The van der Waals surface area contributed by atoms with E-state index in [1.54, 1.807) is 25.6 Å². The second-order valence-corrected chi connectivity index (χ2v) is 10.1. The van der Waals surface area contributed by atoms with Crippen LogP contribution in [0, 0.1) is 12.8 Å². The lowest BCUT2D eigenvalue weighted by atomic mass is 10.0. The molecule has 1 fully saturated rings. The summed E-state index contributed by atoms with van der Waals surface area (Å²) in [6.07, 6.45) is 3.99. The first-order valence-electron chi connectivity index (χ1n) is 12.2. The number of hydrogen-bond acceptors (Lipinski definition) is 9. The SMILES string of the molecule is COc1cccc(Nc2nc(C)c(-c3nc4ccccc4s3)c(N[C@H]3CCC(CCO)C3)n2)c1OC. The largest absolute Gasteiger partial charge is 0.493 e. The Labute approximate surface area is 214 Å². The third-order valence-electron chi connectivity index (χ3n) is 6.67. The molecule has 0 saturated heterocycles. The van der Waals surface area contributed by atoms with E-state index in [1.807, 2.05) is 43.3 Å². The number of hydrogen-bond donors (Lipinski definition) is 3. The normalized spacial score (nSPS) is 17.3. The summed E-state index contributed by atoms with van der Waals surface area (Å²) in [6, 6.07) is 14.1. The van der Waals surface area contributed by atoms with Crippen LogP contribution < -0.4 is 20.1 Å². The number of aliphatic hydroxyl groups excluding tert-OH is 1. The Kier molecular flexibility index (Phi) is 7.20. The smallest absolute Gasteiger partial charge is 0.229 e. The van der Waals surface area contributed by atoms with Crippen LogP contribution in [0.5, 0.6) is 11.5 Å². The van der Waals surface area contributed by atoms with E-state index in [0.717, 1.165) is 63.7 Å². The molecular weight excluding hydrogens is 474 g/mol. The van der Waals surface area contributed by atoms with Gasteiger partial charge in [-0.05, 0) is 62.8 Å². The zero-order valence-electron chi connectivity index (χ0n) is 20.7. The second-order valence-electron chi connectivity index (χ2n) is 9.04. The highest BCUT2D eigenvalue weighted by Gasteiger charge is 2.27. The van der Waals surface area contributed by atoms with E-state index >= 15 is 0 Å². The van der Waals surface area contributed by atoms with Crippen LogP contribution in [0.3, 0.4) is 0 Å². The van der Waals surface area contributed by atoms with Gasteiger partial charge in [0.2, 0.25) is 5.95 Å². The topological polar surface area (TPSA) is 101 Å². The first-order valence-corrected chi connectivity index (χ1v) is 13.0. The number of para-hydroxylation sites is 2. The van der Waals surface area contributed by atoms with Gasteiger partial charge in [0.15, 0.2) is 11.5 Å². The summed E-state index contributed by atoms with van der Waals surface area (Å²) in [4.78, 5) is 14.6. The van der Waals surface area contributed by atoms with Crippen LogP contribution in [-0.4, -0.2) is 46.9 Å². The maximum absolute atomic E-state index is 9.38. The summed E-state index contributed by atoms with van der Waals surface area (Å²) >= 11 is 1.65. The molecule has 0 spiro atoms. The minimum absolute atomic E-state index is 0.234. The summed E-state index contributed by atoms with van der Waals surface area (Å²) in [6.45, 7) is 2.23. The van der Waals surface area contributed by atoms with Gasteiger partial charge in [0.1, 0.15) is 10.8 Å². The quantitative estimate of drug-likeness (QED) is 0.263. The highest BCUT2D eigenvalue weighted by atomic mass is 32.1. The molecule has 188 valence electrons. The van der Waals surface area contributed by atoms with Gasteiger partial charge in [0, 0.05) is 12.6 Å². The van der Waals surface area contributed by atoms with E-state index in [0.29, 0.717) is 23.4 Å². The van der Waals surface area contributed by atoms with Crippen LogP contribution >= 0.6 is 11.3 Å². The van der Waals surface area contributed by atoms with Crippen LogP contribution in [0.4, 0.5) is 17.5 Å². The molecule has 36 heavy (non-hydrogen) atoms. The molecule has 1 aliphatic rings. The van der Waals surface area contributed by atoms with E-state index in [9.17, 15) is 5.11 Å². The molecule has 2 atom stereocenters. The molecule has 9 heteroatoms. The molecule has 8 nitrogen and oxygen atoms in total. The van der Waals surface area contributed by atoms with Gasteiger partial charge in [-0.1, -0.05) is 18.2 Å². The van der Waals surface area contributed by atoms with Gasteiger partial charge in [0.05, 0.1) is 41.4 Å². The number of thiazole rings is 1. The number of aromatic nitrogens is 3. The lowest BCUT2D eigenvalue weighted by Crippen LogP contribution is -2.18. The molecule has 5 rings (SSSR count). The van der Waals surface area contributed by atoms with Crippen molar-refractivity contribution in [1.82, 2.24) is 15.0 Å². The number of ether oxygens (including phenoxy) is 2. The van der Waals surface area contributed by atoms with Crippen LogP contribution in [-0.2, 0) is 0 Å². The number of nitrogens with zero attached hydrogens (tertiary/aromatic N) is 3. The first-order chi connectivity index (χ1) is 17.6. The summed E-state index contributed by atoms with van der Waals surface area (Å²) in [5.41, 5.74) is 3.44. The molecular formula is C27H31N5O3S. The van der Waals surface area contributed by atoms with Crippen molar-refractivity contribution in [2.45, 2.75) is 38.6 Å². The van der Waals surface area contributed by atoms with Gasteiger partial charge in [-0.15, -0.1) is 11.3 Å². The zero-order valence-corrected chi connectivity index (χ0v) is 21.6. The highest BCUT2D eigenvalue weighted by Crippen LogP contribution is 2.40. The predicted molar refractivity (Wildman–Crippen MR) is 145 cm³/mol. The lowest BCUT2D eigenvalue weighted by Gasteiger charge is -2.19. The molecule has 2 aromatic carbocycles. The van der Waals surface area contributed by atoms with E-state index in [-0.39, 0.29) is 12.6 Å². The molecule has 4 aromatic rings. The number of benzene rings is 2. The molecule has 1 unspecified atom stereocenters. The number of anilines is 3. The Bertz CT molecular complexity index is 1330. The zero-order chi connectivity index (χ0) is 25.1. The number of rotatable bonds is 9. The molecule has 2 heterocycles. The van der Waals surface area contributed by atoms with E-state index in [2.05, 4.69) is 16.7 Å². The van der Waals surface area contributed by atoms with Gasteiger partial charge in [-0.2, -0.15) is 4.98 Å². The maximum atomic E-state index is 9.38. The fraction of sp³-hybridized carbons (Fsp3) is 0.370. The fourth-order valence-corrected chi connectivity index (χ4v) is 5.98. The minimum atomic E-state index is 0.234. The third kappa shape index (κ3) is 4.94. The predicted octanol–water partition coefficient (Wildman–Crippen LogP) is 5.79. The minimum Gasteiger partial charge on any atom is -0.493 e. The number of methoxy groups -OCH3 is 2. The van der Waals surface area contributed by atoms with Gasteiger partial charge in [-0.25, -0.2) is 9.97 Å². The van der Waals surface area contributed by atoms with Crippen molar-refractivity contribution in [2.75, 3.05) is 31.5 Å². The van der Waals surface area contributed by atoms with Crippen LogP contribution in [0.2, 0.25) is 0 Å². The third-order valence-corrected chi connectivity index (χ3v) is 7.72. The van der Waals surface area contributed by atoms with E-state index in [1.165, 1.54) is 0 Å². The summed E-state index contributed by atoms with van der Waals surface area (Å²) in [7, 11) is 3.23. The van der Waals surface area contributed by atoms with Crippen molar-refractivity contribution >= 4 is 39.0 Å². The van der Waals surface area contributed by atoms with Crippen molar-refractivity contribution in [2.24, 2.45) is 5.92 Å². The molecule has 0 radical (unpaired) electrons. The summed E-state index contributed by atoms with van der Waals surface area (Å²) in [5, 5.41) is 17.3. The molecule has 0 bridgehead atoms. The second kappa shape index (κ2) is 10.7. The van der Waals surface area contributed by atoms with E-state index in [4.69, 9.17) is 24.4 Å². The standard InChI is InChI=1S/C27H31N5O3S/c1-16-23(26-30-19-7-4-5-10-22(19)36-26)25(29-18-12-11-17(15-18)13-14-33)32-27(28-16)31-20-8-6-9-21(34-2)24(20)35-3/h4-10,17-18,33H,11-15H2,1-3H3,(H2,28,29,31,32)/t17?,18-/m0/s1. The molecule has 2 aromatic heterocycles. The fourth-order valence-electron chi connectivity index (χ4n) is 4.92. The molecule has 1 aliphatic carbocycles. The monoisotopic (exact) mass is 505 g/mol. The highest BCUT2D eigenvalue weighted by molar-refractivity contribution is 7.21. The molecule has 0 aliphatic heterocycles. The molecule has 1 saturated carbocycles. The average molecular weight is 506 g/mol. The summed E-state index contributed by atoms with van der Waals surface area (Å²) < 4.78 is 12.2. The van der Waals surface area contributed by atoms with Crippen molar-refractivity contribution in [3.8, 4) is 22.1 Å². The average Bonchev–Trinajstić information content (AvgIpc) is 3.50. The van der Waals surface area contributed by atoms with Gasteiger partial charge in [0.25, 0.3) is 0 Å². The summed E-state index contributed by atoms with van der Waals surface area (Å²) in [5.74, 6) is 2.98. The van der Waals surface area contributed by atoms with Crippen molar-refractivity contribution < 1.29 is 14.6 Å². The van der Waals surface area contributed by atoms with Gasteiger partial charge in [-0.3, -0.25) is 0 Å². The Morgan fingerprint density at radius 1 is 1.03 bits per heavy atom. The van der Waals surface area contributed by atoms with Crippen molar-refractivity contribution in [3.05, 3.63) is 48.2 Å². The maximum Gasteiger partial charge on any atom is 0.229 e. The Morgan fingerprint density at radius 2 is 1.89 bits per heavy atom. The number of nitrogens with one attached hydrogen (secondary N) is 2. The van der Waals surface area contributed by atoms with Crippen LogP contribution in [0.1, 0.15) is 31.4 Å². The Balaban J connectivity index is 1.54. The first kappa shape index (κ1) is 24.3. The van der Waals surface area contributed by atoms with Crippen LogP contribution in [0.15, 0.2) is 42.5 Å².